The number of halogens is 1. The lowest BCUT2D eigenvalue weighted by Gasteiger charge is -2.26. The molecule has 13 heteroatoms. The minimum absolute atomic E-state index is 0.306. The van der Waals surface area contributed by atoms with Crippen LogP contribution >= 0.6 is 15.9 Å². The average Bonchev–Trinajstić information content (AvgIpc) is 3.80. The Morgan fingerprint density at radius 1 is 0.702 bits per heavy atom. The largest absolute Gasteiger partial charge is 0.478 e. The number of anilines is 1. The van der Waals surface area contributed by atoms with Crippen molar-refractivity contribution in [3.63, 3.8) is 0 Å². The van der Waals surface area contributed by atoms with E-state index in [1.807, 2.05) is 38.1 Å². The van der Waals surface area contributed by atoms with Crippen molar-refractivity contribution in [3.8, 4) is 0 Å². The first-order valence-electron chi connectivity index (χ1n) is 21.1. The van der Waals surface area contributed by atoms with Crippen LogP contribution in [0.15, 0.2) is 37.6 Å². The number of nitrogens with two attached hydrogens (primary N) is 1. The van der Waals surface area contributed by atoms with Gasteiger partial charge < -0.3 is 39.6 Å². The highest BCUT2D eigenvalue weighted by molar-refractivity contribution is 9.10. The van der Waals surface area contributed by atoms with Gasteiger partial charge in [-0.05, 0) is 120 Å². The molecule has 0 unspecified atom stereocenters. The lowest BCUT2D eigenvalue weighted by atomic mass is 9.97. The summed E-state index contributed by atoms with van der Waals surface area (Å²) in [5, 5.41) is 24.5. The van der Waals surface area contributed by atoms with Crippen LogP contribution in [0.2, 0.25) is 0 Å². The molecule has 0 spiro atoms. The predicted octanol–water partition coefficient (Wildman–Crippen LogP) is 8.84. The minimum Gasteiger partial charge on any atom is -0.478 e. The van der Waals surface area contributed by atoms with Crippen LogP contribution in [0.4, 0.5) is 5.69 Å². The molecule has 5 N–H and O–H groups in total. The van der Waals surface area contributed by atoms with Gasteiger partial charge in [-0.3, -0.25) is 9.80 Å². The molecule has 2 aromatic heterocycles. The van der Waals surface area contributed by atoms with Gasteiger partial charge in [-0.1, -0.05) is 42.6 Å². The van der Waals surface area contributed by atoms with Crippen LogP contribution in [0.3, 0.4) is 0 Å². The van der Waals surface area contributed by atoms with Crippen LogP contribution < -0.4 is 11.1 Å². The number of carboxylic acid groups (broad SMARTS) is 2. The summed E-state index contributed by atoms with van der Waals surface area (Å²) >= 11 is 3.47. The first-order valence-corrected chi connectivity index (χ1v) is 21.8. The number of benzene rings is 2. The van der Waals surface area contributed by atoms with E-state index in [2.05, 4.69) is 31.0 Å². The van der Waals surface area contributed by atoms with Gasteiger partial charge in [0.2, 0.25) is 0 Å². The van der Waals surface area contributed by atoms with Gasteiger partial charge in [0, 0.05) is 65.5 Å². The van der Waals surface area contributed by atoms with E-state index in [4.69, 9.17) is 24.0 Å². The predicted molar refractivity (Wildman–Crippen MR) is 227 cm³/mol. The lowest BCUT2D eigenvalue weighted by Crippen LogP contribution is -2.28. The van der Waals surface area contributed by atoms with Crippen LogP contribution in [-0.2, 0) is 35.4 Å². The number of nitrogens with one attached hydrogen (secondary N) is 1. The monoisotopic (exact) mass is 852 g/mol. The number of rotatable bonds is 10. The lowest BCUT2D eigenvalue weighted by molar-refractivity contribution is 0.0687. The number of hydrogen-bond acceptors (Lipinski definition) is 10. The van der Waals surface area contributed by atoms with Gasteiger partial charge in [-0.2, -0.15) is 0 Å². The molecule has 8 rings (SSSR count). The van der Waals surface area contributed by atoms with Crippen molar-refractivity contribution in [2.45, 2.75) is 116 Å². The Morgan fingerprint density at radius 2 is 1.16 bits per heavy atom. The fraction of sp³-hybridized carbons (Fsp3) is 0.591. The number of carbonyl (C=O) groups is 2. The number of fused-ring (bicyclic) bond motifs is 2. The molecule has 6 heterocycles. The molecule has 2 aromatic carbocycles. The molecule has 4 saturated heterocycles. The summed E-state index contributed by atoms with van der Waals surface area (Å²) in [7, 11) is 0. The second-order valence-corrected chi connectivity index (χ2v) is 16.6. The maximum atomic E-state index is 12.1. The zero-order valence-electron chi connectivity index (χ0n) is 33.7. The summed E-state index contributed by atoms with van der Waals surface area (Å²) in [6.45, 7) is 13.0. The number of ether oxygens (including phenoxy) is 2. The second kappa shape index (κ2) is 21.0. The molecule has 57 heavy (non-hydrogen) atoms. The number of nitrogens with zero attached hydrogens (tertiary/aromatic N) is 2. The van der Waals surface area contributed by atoms with Gasteiger partial charge in [0.25, 0.3) is 0 Å². The molecular formula is C44H61BrN4O8. The highest BCUT2D eigenvalue weighted by Crippen LogP contribution is 2.35. The molecule has 0 aliphatic carbocycles. The minimum atomic E-state index is -0.895. The molecule has 312 valence electrons. The third-order valence-electron chi connectivity index (χ3n) is 11.6. The molecule has 4 fully saturated rings. The number of hydrogen-bond donors (Lipinski definition) is 4. The van der Waals surface area contributed by atoms with Gasteiger partial charge in [0.15, 0.2) is 0 Å². The highest BCUT2D eigenvalue weighted by atomic mass is 79.9. The number of furan rings is 2. The number of carboxylic acids is 2. The Balaban J connectivity index is 0.000000168. The summed E-state index contributed by atoms with van der Waals surface area (Å²) in [6, 6.07) is 8.44. The Labute approximate surface area is 344 Å². The van der Waals surface area contributed by atoms with E-state index in [1.165, 1.54) is 38.5 Å². The van der Waals surface area contributed by atoms with E-state index >= 15 is 0 Å². The van der Waals surface area contributed by atoms with Crippen LogP contribution in [0.25, 0.3) is 21.9 Å². The zero-order chi connectivity index (χ0) is 40.3. The fourth-order valence-electron chi connectivity index (χ4n) is 8.46. The molecule has 12 nitrogen and oxygen atoms in total. The van der Waals surface area contributed by atoms with Crippen LogP contribution in [-0.4, -0.2) is 96.6 Å². The van der Waals surface area contributed by atoms with E-state index in [1.54, 1.807) is 0 Å². The van der Waals surface area contributed by atoms with Gasteiger partial charge in [0.1, 0.15) is 22.7 Å². The summed E-state index contributed by atoms with van der Waals surface area (Å²) in [5.41, 5.74) is 10.2. The van der Waals surface area contributed by atoms with Crippen molar-refractivity contribution >= 4 is 55.5 Å². The third-order valence-corrected chi connectivity index (χ3v) is 12.3. The molecule has 4 aromatic rings. The van der Waals surface area contributed by atoms with E-state index in [0.29, 0.717) is 58.0 Å². The highest BCUT2D eigenvalue weighted by Gasteiger charge is 2.25. The average molecular weight is 854 g/mol. The van der Waals surface area contributed by atoms with E-state index in [9.17, 15) is 19.8 Å². The van der Waals surface area contributed by atoms with Crippen LogP contribution in [0, 0.1) is 0 Å². The number of likely N-dealkylation sites (tertiary alicyclic amines) is 2. The van der Waals surface area contributed by atoms with Gasteiger partial charge in [-0.15, -0.1) is 0 Å². The first-order chi connectivity index (χ1) is 27.6. The molecular weight excluding hydrogens is 792 g/mol. The molecule has 4 aliphatic rings. The molecule has 0 atom stereocenters. The van der Waals surface area contributed by atoms with Crippen molar-refractivity contribution in [3.05, 3.63) is 62.5 Å². The Morgan fingerprint density at radius 3 is 1.60 bits per heavy atom. The smallest absolute Gasteiger partial charge is 0.336 e. The maximum Gasteiger partial charge on any atom is 0.336 e. The first kappa shape index (κ1) is 43.1. The van der Waals surface area contributed by atoms with Crippen molar-refractivity contribution in [2.24, 2.45) is 5.73 Å². The normalized spacial score (nSPS) is 18.8. The van der Waals surface area contributed by atoms with E-state index < -0.39 is 11.9 Å². The molecule has 0 bridgehead atoms. The molecule has 0 amide bonds. The van der Waals surface area contributed by atoms with Crippen molar-refractivity contribution in [1.82, 2.24) is 9.80 Å². The SMILES string of the molecule is CCc1c(Br)cc2oc(CN3CCCCC3)cc2c1C(=O)O.CCc1c(NC2CCOCC2)cc2oc(CN3CCCCC3)cc2c1C(=O)O.NC1CCOCC1. The van der Waals surface area contributed by atoms with Crippen LogP contribution in [0.5, 0.6) is 0 Å². The Bertz CT molecular complexity index is 1940. The van der Waals surface area contributed by atoms with E-state index in [0.717, 1.165) is 124 Å². The summed E-state index contributed by atoms with van der Waals surface area (Å²) in [6.07, 6.45) is 12.8. The van der Waals surface area contributed by atoms with Gasteiger partial charge >= 0.3 is 11.9 Å². The van der Waals surface area contributed by atoms with Crippen molar-refractivity contribution in [1.29, 1.82) is 0 Å². The van der Waals surface area contributed by atoms with Crippen molar-refractivity contribution in [2.75, 3.05) is 57.9 Å². The standard InChI is InChI=1S/C22H30N2O4.C17H20BrNO3.C5H11NO/c1-2-17-19(23-15-6-10-27-11-7-15)13-20-18(21(17)22(25)26)12-16(28-20)14-24-8-4-3-5-9-24;1-2-12-14(18)9-15-13(16(12)17(20)21)8-11(22-15)10-19-6-4-3-5-7-19;6-5-1-3-7-4-2-5/h12-13,15,23H,2-11,14H2,1H3,(H,25,26);8-9H,2-7,10H2,1H3,(H,20,21);5H,1-4,6H2. The molecule has 0 saturated carbocycles. The molecule has 0 radical (unpaired) electrons. The number of aromatic carboxylic acids is 2. The summed E-state index contributed by atoms with van der Waals surface area (Å²) in [4.78, 5) is 28.6. The van der Waals surface area contributed by atoms with Crippen molar-refractivity contribution < 1.29 is 38.1 Å². The third kappa shape index (κ3) is 11.4. The topological polar surface area (TPSA) is 164 Å². The summed E-state index contributed by atoms with van der Waals surface area (Å²) in [5.74, 6) is -0.0829. The maximum absolute atomic E-state index is 12.1. The fourth-order valence-corrected chi connectivity index (χ4v) is 9.15. The quantitative estimate of drug-likeness (QED) is 0.120. The van der Waals surface area contributed by atoms with Crippen LogP contribution in [0.1, 0.15) is 121 Å². The Hall–Kier alpha value is -3.46. The summed E-state index contributed by atoms with van der Waals surface area (Å²) < 4.78 is 23.3. The second-order valence-electron chi connectivity index (χ2n) is 15.7. The Kier molecular flexibility index (Phi) is 15.9. The van der Waals surface area contributed by atoms with Gasteiger partial charge in [0.05, 0.1) is 24.2 Å². The van der Waals surface area contributed by atoms with E-state index in [-0.39, 0.29) is 0 Å². The van der Waals surface area contributed by atoms with Gasteiger partial charge in [-0.25, -0.2) is 9.59 Å². The molecule has 4 aliphatic heterocycles. The zero-order valence-corrected chi connectivity index (χ0v) is 35.3. The number of piperidine rings is 2.